The Hall–Kier alpha value is -1.59. The number of piperazine rings is 2. The molecule has 16 fully saturated rings. The minimum Gasteiger partial charge on any atom is -0.292 e. The van der Waals surface area contributed by atoms with Crippen LogP contribution in [0.2, 0.25) is 34.9 Å². The zero-order valence-electron chi connectivity index (χ0n) is 38.2. The molecule has 2 aromatic carbocycles. The van der Waals surface area contributed by atoms with Crippen molar-refractivity contribution in [3.8, 4) is 0 Å². The third-order valence-electron chi connectivity index (χ3n) is 26.0. The zero-order chi connectivity index (χ0) is 40.1. The second-order valence-electron chi connectivity index (χ2n) is 26.9. The van der Waals surface area contributed by atoms with Crippen LogP contribution in [0.5, 0.6) is 0 Å². The third kappa shape index (κ3) is 4.32. The van der Waals surface area contributed by atoms with Crippen molar-refractivity contribution in [1.82, 2.24) is 19.6 Å². The highest BCUT2D eigenvalue weighted by Crippen LogP contribution is 2.78. The summed E-state index contributed by atoms with van der Waals surface area (Å²) in [6.45, 7) is 1.99. The van der Waals surface area contributed by atoms with E-state index < -0.39 is 0 Å². The van der Waals surface area contributed by atoms with Gasteiger partial charge in [0.15, 0.2) is 13.4 Å². The minimum atomic E-state index is 0.754. The maximum Gasteiger partial charge on any atom is 0.157 e. The van der Waals surface area contributed by atoms with Gasteiger partial charge in [0.25, 0.3) is 0 Å². The summed E-state index contributed by atoms with van der Waals surface area (Å²) in [5.41, 5.74) is 3.36. The lowest BCUT2D eigenvalue weighted by Crippen LogP contribution is -2.94. The lowest BCUT2D eigenvalue weighted by Gasteiger charge is -2.86. The van der Waals surface area contributed by atoms with Crippen LogP contribution < -0.4 is 0 Å². The van der Waals surface area contributed by atoms with Gasteiger partial charge in [-0.1, -0.05) is 99.2 Å². The summed E-state index contributed by atoms with van der Waals surface area (Å²) >= 11 is 0. The maximum absolute atomic E-state index is 3.69. The first-order valence-corrected chi connectivity index (χ1v) is 28.5. The number of rotatable bonds is 2. The number of hydrogen-bond donors (Lipinski definition) is 0. The molecule has 0 radical (unpaired) electrons. The van der Waals surface area contributed by atoms with Crippen LogP contribution in [0.25, 0.3) is 0 Å². The Morgan fingerprint density at radius 3 is 1.25 bits per heavy atom. The molecule has 0 spiro atoms. The molecule has 24 atom stereocenters. The Morgan fingerprint density at radius 1 is 0.317 bits per heavy atom. The monoisotopic (exact) mass is 837 g/mol. The van der Waals surface area contributed by atoms with Crippen LogP contribution in [0.4, 0.5) is 0 Å². The smallest absolute Gasteiger partial charge is 0.157 e. The Bertz CT molecular complexity index is 2040. The van der Waals surface area contributed by atoms with E-state index in [1.807, 2.05) is 0 Å². The van der Waals surface area contributed by atoms with Crippen molar-refractivity contribution < 1.29 is 0 Å². The van der Waals surface area contributed by atoms with Crippen molar-refractivity contribution in [1.29, 1.82) is 0 Å². The van der Waals surface area contributed by atoms with Crippen LogP contribution in [0, 0.1) is 35.5 Å². The summed E-state index contributed by atoms with van der Waals surface area (Å²) in [6.07, 6.45) is 29.3. The molecule has 9 heterocycles. The lowest BCUT2D eigenvalue weighted by atomic mass is 9.10. The molecule has 0 N–H and O–H groups in total. The molecule has 9 saturated heterocycles. The van der Waals surface area contributed by atoms with Gasteiger partial charge < -0.3 is 0 Å². The van der Waals surface area contributed by atoms with Gasteiger partial charge in [-0.2, -0.15) is 0 Å². The lowest BCUT2D eigenvalue weighted by molar-refractivity contribution is -0.254. The number of benzene rings is 2. The summed E-state index contributed by atoms with van der Waals surface area (Å²) in [5, 5.41) is 0. The molecule has 328 valence electrons. The van der Waals surface area contributed by atoms with Crippen molar-refractivity contribution >= 4 is 13.4 Å². The van der Waals surface area contributed by atoms with E-state index in [1.54, 1.807) is 68.9 Å². The average Bonchev–Trinajstić information content (AvgIpc) is 3.34. The molecule has 18 rings (SSSR count). The van der Waals surface area contributed by atoms with E-state index in [9.17, 15) is 0 Å². The summed E-state index contributed by atoms with van der Waals surface area (Å²) < 4.78 is 0. The molecular formula is C57H74B2N4. The van der Waals surface area contributed by atoms with Crippen molar-refractivity contribution in [3.63, 3.8) is 0 Å². The van der Waals surface area contributed by atoms with Crippen molar-refractivity contribution in [2.75, 3.05) is 0 Å². The first-order chi connectivity index (χ1) is 31.3. The molecule has 63 heavy (non-hydrogen) atoms. The van der Waals surface area contributed by atoms with E-state index in [-0.39, 0.29) is 0 Å². The molecule has 7 aliphatic carbocycles. The van der Waals surface area contributed by atoms with Crippen LogP contribution in [-0.4, -0.2) is 106 Å². The molecule has 0 amide bonds. The Balaban J connectivity index is 0.888. The van der Waals surface area contributed by atoms with Gasteiger partial charge in [-0.25, -0.2) is 0 Å². The van der Waals surface area contributed by atoms with Gasteiger partial charge in [-0.3, -0.25) is 19.6 Å². The predicted molar refractivity (Wildman–Crippen MR) is 254 cm³/mol. The van der Waals surface area contributed by atoms with E-state index >= 15 is 0 Å². The minimum absolute atomic E-state index is 0.754. The molecule has 2 aromatic rings. The molecule has 0 bridgehead atoms. The largest absolute Gasteiger partial charge is 0.292 e. The van der Waals surface area contributed by atoms with Gasteiger partial charge in [-0.15, -0.1) is 0 Å². The molecule has 6 heteroatoms. The van der Waals surface area contributed by atoms with Crippen LogP contribution in [0.15, 0.2) is 60.7 Å². The molecular weight excluding hydrogens is 762 g/mol. The topological polar surface area (TPSA) is 13.0 Å². The highest BCUT2D eigenvalue weighted by Gasteiger charge is 2.82. The number of piperidine rings is 2. The van der Waals surface area contributed by atoms with E-state index in [1.165, 1.54) is 64.2 Å². The Labute approximate surface area is 380 Å². The predicted octanol–water partition coefficient (Wildman–Crippen LogP) is 10.7. The average molecular weight is 837 g/mol. The molecule has 4 nitrogen and oxygen atoms in total. The van der Waals surface area contributed by atoms with Gasteiger partial charge in [0.2, 0.25) is 0 Å². The summed E-state index contributed by atoms with van der Waals surface area (Å²) in [6, 6.07) is 34.5. The molecule has 7 saturated carbocycles. The van der Waals surface area contributed by atoms with Gasteiger partial charge in [0.05, 0.1) is 0 Å². The molecule has 9 aliphatic heterocycles. The van der Waals surface area contributed by atoms with E-state index in [0.29, 0.717) is 0 Å². The second kappa shape index (κ2) is 12.7. The van der Waals surface area contributed by atoms with Crippen LogP contribution in [-0.2, 0) is 0 Å². The summed E-state index contributed by atoms with van der Waals surface area (Å²) in [5.74, 6) is 13.3. The Kier molecular flexibility index (Phi) is 7.37. The van der Waals surface area contributed by atoms with Gasteiger partial charge in [0.1, 0.15) is 0 Å². The second-order valence-corrected chi connectivity index (χ2v) is 26.9. The normalized spacial score (nSPS) is 58.2. The fourth-order valence-electron chi connectivity index (χ4n) is 25.4. The van der Waals surface area contributed by atoms with Gasteiger partial charge in [-0.05, 0) is 177 Å². The maximum atomic E-state index is 3.69. The number of hydrogen-bond acceptors (Lipinski definition) is 4. The Morgan fingerprint density at radius 2 is 0.746 bits per heavy atom. The van der Waals surface area contributed by atoms with Crippen LogP contribution in [0.1, 0.15) is 145 Å². The molecule has 16 aliphatic rings. The van der Waals surface area contributed by atoms with Crippen molar-refractivity contribution in [2.45, 2.75) is 241 Å². The zero-order valence-corrected chi connectivity index (χ0v) is 38.2. The molecule has 0 aromatic heterocycles. The molecule has 24 unspecified atom stereocenters. The van der Waals surface area contributed by atoms with Crippen molar-refractivity contribution in [2.24, 2.45) is 35.5 Å². The number of fused-ring (bicyclic) bond motifs is 8. The summed E-state index contributed by atoms with van der Waals surface area (Å²) in [4.78, 5) is 14.7. The van der Waals surface area contributed by atoms with Gasteiger partial charge in [0, 0.05) is 72.5 Å². The summed E-state index contributed by atoms with van der Waals surface area (Å²) in [7, 11) is 0. The fourth-order valence-corrected chi connectivity index (χ4v) is 25.4. The SMILES string of the molecule is c1ccc(C2CCC3B4C5CCC(c6ccccc6)CC5N5C6CCCC7CC8CCC9CC%10CCC%11CC%12CCCC%13C%12N%12C%11C%10B%10C9C8N(C76)C6C%10C%12C(C4C65)N%13C3C2)cc1. The fraction of sp³-hybridized carbons (Fsp3) is 0.789. The van der Waals surface area contributed by atoms with Crippen LogP contribution >= 0.6 is 0 Å². The highest BCUT2D eigenvalue weighted by atomic mass is 15.5. The third-order valence-corrected chi connectivity index (χ3v) is 26.0. The van der Waals surface area contributed by atoms with E-state index in [2.05, 4.69) is 80.3 Å². The standard InChI is InChI=1S/C57H74B2N4/c1-3-9-30(10-4-1)32-21-23-40-44(28-32)60-42-15-7-13-36-26-38-19-17-34-25-35-18-20-39-27-37-14-8-16-43-51(37)63-53(39)47(35)59-46(34)52(38)62(50(36)42)56-49(59)57(63)55-48(54(56)60)58(40)41-24-22-33(29-45(41)61(43)55)31-11-5-2-6-12-31/h1-6,9-12,32-57H,7-8,13-29H2. The van der Waals surface area contributed by atoms with Crippen LogP contribution in [0.3, 0.4) is 0 Å². The van der Waals surface area contributed by atoms with E-state index in [4.69, 9.17) is 0 Å². The van der Waals surface area contributed by atoms with Crippen molar-refractivity contribution in [3.05, 3.63) is 71.8 Å². The van der Waals surface area contributed by atoms with E-state index in [0.717, 1.165) is 168 Å². The quantitative estimate of drug-likeness (QED) is 0.279. The number of nitrogens with zero attached hydrogens (tertiary/aromatic N) is 4. The first kappa shape index (κ1) is 36.5. The van der Waals surface area contributed by atoms with Gasteiger partial charge >= 0.3 is 0 Å². The highest BCUT2D eigenvalue weighted by molar-refractivity contribution is 6.67. The first-order valence-electron chi connectivity index (χ1n) is 28.5.